The largest absolute Gasteiger partial charge is 0.573 e. The van der Waals surface area contributed by atoms with Gasteiger partial charge in [-0.25, -0.2) is 9.07 Å². The first kappa shape index (κ1) is 20.3. The van der Waals surface area contributed by atoms with Gasteiger partial charge in [0, 0.05) is 15.6 Å². The standard InChI is InChI=1S/C17H12BrClF4N2O/c1-10-5-16(25(24-10)11(2)3-4-14(20)9-19)12-6-13(18)8-15(7-12)26-17(21,22)23/h3-9H,2H2,1H3/b4-3-,14-9-. The number of aryl methyl sites for hydroxylation is 1. The molecule has 0 bridgehead atoms. The van der Waals surface area contributed by atoms with Crippen molar-refractivity contribution in [1.82, 2.24) is 9.78 Å². The van der Waals surface area contributed by atoms with E-state index in [1.165, 1.54) is 22.9 Å². The summed E-state index contributed by atoms with van der Waals surface area (Å²) in [6.07, 6.45) is -2.38. The highest BCUT2D eigenvalue weighted by Crippen LogP contribution is 2.33. The monoisotopic (exact) mass is 450 g/mol. The molecule has 0 amide bonds. The minimum Gasteiger partial charge on any atom is -0.406 e. The molecule has 2 aromatic rings. The van der Waals surface area contributed by atoms with Crippen molar-refractivity contribution in [1.29, 1.82) is 0 Å². The van der Waals surface area contributed by atoms with Crippen LogP contribution in [-0.4, -0.2) is 16.1 Å². The zero-order valence-corrected chi connectivity index (χ0v) is 15.7. The van der Waals surface area contributed by atoms with Crippen LogP contribution in [0.4, 0.5) is 17.6 Å². The maximum absolute atomic E-state index is 13.1. The van der Waals surface area contributed by atoms with Gasteiger partial charge in [0.15, 0.2) is 0 Å². The molecule has 0 spiro atoms. The fourth-order valence-electron chi connectivity index (χ4n) is 2.11. The lowest BCUT2D eigenvalue weighted by Gasteiger charge is -2.12. The van der Waals surface area contributed by atoms with Crippen molar-refractivity contribution in [2.75, 3.05) is 0 Å². The molecule has 0 N–H and O–H groups in total. The number of rotatable bonds is 5. The van der Waals surface area contributed by atoms with Crippen LogP contribution in [0.15, 0.2) is 58.8 Å². The number of allylic oxidation sites excluding steroid dienone is 4. The van der Waals surface area contributed by atoms with Gasteiger partial charge in [-0.2, -0.15) is 5.10 Å². The molecule has 3 nitrogen and oxygen atoms in total. The maximum atomic E-state index is 13.1. The predicted molar refractivity (Wildman–Crippen MR) is 96.3 cm³/mol. The number of aromatic nitrogens is 2. The van der Waals surface area contributed by atoms with Crippen LogP contribution in [0.5, 0.6) is 5.75 Å². The molecule has 0 radical (unpaired) electrons. The molecule has 138 valence electrons. The Balaban J connectivity index is 2.47. The maximum Gasteiger partial charge on any atom is 0.573 e. The molecular weight excluding hydrogens is 440 g/mol. The van der Waals surface area contributed by atoms with Crippen molar-refractivity contribution >= 4 is 33.2 Å². The molecule has 0 aliphatic rings. The van der Waals surface area contributed by atoms with Gasteiger partial charge in [-0.3, -0.25) is 0 Å². The zero-order chi connectivity index (χ0) is 19.5. The lowest BCUT2D eigenvalue weighted by atomic mass is 10.1. The van der Waals surface area contributed by atoms with Gasteiger partial charge in [-0.1, -0.05) is 34.1 Å². The average molecular weight is 452 g/mol. The smallest absolute Gasteiger partial charge is 0.406 e. The molecule has 0 fully saturated rings. The van der Waals surface area contributed by atoms with Gasteiger partial charge in [0.1, 0.15) is 11.6 Å². The van der Waals surface area contributed by atoms with E-state index in [0.717, 1.165) is 11.6 Å². The van der Waals surface area contributed by atoms with Gasteiger partial charge in [0.05, 0.1) is 17.1 Å². The van der Waals surface area contributed by atoms with Gasteiger partial charge >= 0.3 is 6.36 Å². The van der Waals surface area contributed by atoms with Crippen molar-refractivity contribution in [3.63, 3.8) is 0 Å². The fraction of sp³-hybridized carbons (Fsp3) is 0.118. The molecule has 1 aromatic heterocycles. The van der Waals surface area contributed by atoms with Crippen molar-refractivity contribution in [3.05, 3.63) is 64.5 Å². The van der Waals surface area contributed by atoms with Gasteiger partial charge in [0.25, 0.3) is 0 Å². The van der Waals surface area contributed by atoms with Crippen LogP contribution in [0.3, 0.4) is 0 Å². The molecule has 1 aromatic carbocycles. The van der Waals surface area contributed by atoms with Gasteiger partial charge < -0.3 is 4.74 Å². The number of nitrogens with zero attached hydrogens (tertiary/aromatic N) is 2. The molecule has 0 aliphatic carbocycles. The molecule has 2 rings (SSSR count). The molecule has 1 heterocycles. The second-order valence-electron chi connectivity index (χ2n) is 5.12. The summed E-state index contributed by atoms with van der Waals surface area (Å²) in [5.74, 6) is -1.06. The summed E-state index contributed by atoms with van der Waals surface area (Å²) in [6.45, 7) is 5.50. The van der Waals surface area contributed by atoms with E-state index in [-0.39, 0.29) is 5.75 Å². The summed E-state index contributed by atoms with van der Waals surface area (Å²) in [6, 6.07) is 5.68. The minimum absolute atomic E-state index is 0.292. The van der Waals surface area contributed by atoms with E-state index in [1.54, 1.807) is 19.1 Å². The van der Waals surface area contributed by atoms with E-state index in [0.29, 0.717) is 27.1 Å². The number of hydrogen-bond donors (Lipinski definition) is 0. The molecular formula is C17H12BrClF4N2O. The van der Waals surface area contributed by atoms with Crippen LogP contribution in [-0.2, 0) is 0 Å². The molecule has 0 aliphatic heterocycles. The predicted octanol–water partition coefficient (Wildman–Crippen LogP) is 6.60. The van der Waals surface area contributed by atoms with Crippen LogP contribution in [0, 0.1) is 6.92 Å². The van der Waals surface area contributed by atoms with Crippen molar-refractivity contribution < 1.29 is 22.3 Å². The number of halogens is 6. The second-order valence-corrected chi connectivity index (χ2v) is 6.26. The summed E-state index contributed by atoms with van der Waals surface area (Å²) < 4.78 is 56.4. The lowest BCUT2D eigenvalue weighted by Crippen LogP contribution is -2.17. The summed E-state index contributed by atoms with van der Waals surface area (Å²) in [5, 5.41) is 4.24. The van der Waals surface area contributed by atoms with Crippen LogP contribution >= 0.6 is 27.5 Å². The van der Waals surface area contributed by atoms with Gasteiger partial charge in [-0.15, -0.1) is 13.2 Å². The summed E-state index contributed by atoms with van der Waals surface area (Å²) in [7, 11) is 0. The molecule has 0 atom stereocenters. The fourth-order valence-corrected chi connectivity index (χ4v) is 2.65. The third-order valence-corrected chi connectivity index (χ3v) is 3.71. The minimum atomic E-state index is -4.81. The first-order valence-electron chi connectivity index (χ1n) is 7.05. The molecule has 0 unspecified atom stereocenters. The number of benzene rings is 1. The summed E-state index contributed by atoms with van der Waals surface area (Å²) in [5.41, 5.74) is 2.51. The summed E-state index contributed by atoms with van der Waals surface area (Å²) >= 11 is 8.41. The van der Waals surface area contributed by atoms with Crippen LogP contribution in [0.1, 0.15) is 5.69 Å². The van der Waals surface area contributed by atoms with E-state index in [4.69, 9.17) is 11.6 Å². The normalized spacial score (nSPS) is 12.7. The first-order chi connectivity index (χ1) is 12.1. The Morgan fingerprint density at radius 2 is 1.96 bits per heavy atom. The van der Waals surface area contributed by atoms with E-state index in [2.05, 4.69) is 32.3 Å². The first-order valence-corrected chi connectivity index (χ1v) is 8.28. The van der Waals surface area contributed by atoms with Crippen molar-refractivity contribution in [2.24, 2.45) is 0 Å². The zero-order valence-electron chi connectivity index (χ0n) is 13.3. The second kappa shape index (κ2) is 8.09. The quantitative estimate of drug-likeness (QED) is 0.378. The highest BCUT2D eigenvalue weighted by atomic mass is 79.9. The van der Waals surface area contributed by atoms with Crippen molar-refractivity contribution in [3.8, 4) is 17.0 Å². The highest BCUT2D eigenvalue weighted by molar-refractivity contribution is 9.10. The van der Waals surface area contributed by atoms with E-state index < -0.39 is 12.2 Å². The molecule has 26 heavy (non-hydrogen) atoms. The van der Waals surface area contributed by atoms with E-state index in [1.807, 2.05) is 0 Å². The van der Waals surface area contributed by atoms with Crippen LogP contribution in [0.25, 0.3) is 17.0 Å². The van der Waals surface area contributed by atoms with Crippen LogP contribution in [0.2, 0.25) is 0 Å². The third kappa shape index (κ3) is 5.47. The van der Waals surface area contributed by atoms with Gasteiger partial charge in [0.2, 0.25) is 0 Å². The number of alkyl halides is 3. The Morgan fingerprint density at radius 3 is 2.58 bits per heavy atom. The number of hydrogen-bond acceptors (Lipinski definition) is 2. The summed E-state index contributed by atoms with van der Waals surface area (Å²) in [4.78, 5) is 0. The number of ether oxygens (including phenoxy) is 1. The lowest BCUT2D eigenvalue weighted by molar-refractivity contribution is -0.274. The Labute approximate surface area is 160 Å². The van der Waals surface area contributed by atoms with E-state index >= 15 is 0 Å². The average Bonchev–Trinajstić information content (AvgIpc) is 2.92. The third-order valence-electron chi connectivity index (χ3n) is 3.04. The molecule has 0 saturated carbocycles. The van der Waals surface area contributed by atoms with E-state index in [9.17, 15) is 17.6 Å². The Morgan fingerprint density at radius 1 is 1.27 bits per heavy atom. The van der Waals surface area contributed by atoms with Gasteiger partial charge in [-0.05, 0) is 43.3 Å². The Bertz CT molecular complexity index is 887. The molecule has 0 saturated heterocycles. The Kier molecular flexibility index (Phi) is 6.30. The molecule has 9 heteroatoms. The van der Waals surface area contributed by atoms with Crippen molar-refractivity contribution in [2.45, 2.75) is 13.3 Å². The highest BCUT2D eigenvalue weighted by Gasteiger charge is 2.31. The SMILES string of the molecule is C=C(/C=C\C(F)=C\Cl)n1nc(C)cc1-c1cc(Br)cc(OC(F)(F)F)c1. The Hall–Kier alpha value is -2.06. The topological polar surface area (TPSA) is 27.1 Å². The van der Waals surface area contributed by atoms with Crippen LogP contribution < -0.4 is 4.74 Å².